The monoisotopic (exact) mass is 384 g/mol. The Bertz CT molecular complexity index is 1050. The normalized spacial score (nSPS) is 14.2. The maximum Gasteiger partial charge on any atom is 0.266 e. The van der Waals surface area contributed by atoms with Gasteiger partial charge in [-0.15, -0.1) is 0 Å². The Hall–Kier alpha value is -3.67. The van der Waals surface area contributed by atoms with Gasteiger partial charge in [-0.1, -0.05) is 0 Å². The lowest BCUT2D eigenvalue weighted by molar-refractivity contribution is 0.0740. The van der Waals surface area contributed by atoms with E-state index in [1.165, 1.54) is 11.2 Å². The molecule has 1 aliphatic rings. The van der Waals surface area contributed by atoms with Gasteiger partial charge in [0.15, 0.2) is 5.76 Å². The van der Waals surface area contributed by atoms with Crippen molar-refractivity contribution in [1.82, 2.24) is 9.88 Å². The molecule has 0 bridgehead atoms. The molecule has 142 valence electrons. The number of amides is 1. The number of nitriles is 1. The molecule has 0 radical (unpaired) electrons. The van der Waals surface area contributed by atoms with Crippen molar-refractivity contribution in [3.8, 4) is 17.7 Å². The smallest absolute Gasteiger partial charge is 0.266 e. The SMILES string of the molecule is N#Cc1nc(-c2ccco2)oc1N1CCN(C(=O)c2ccc(F)cc2F)CC1. The number of nitrogens with zero attached hydrogens (tertiary/aromatic N) is 4. The van der Waals surface area contributed by atoms with E-state index in [4.69, 9.17) is 8.83 Å². The van der Waals surface area contributed by atoms with Crippen LogP contribution in [0, 0.1) is 23.0 Å². The van der Waals surface area contributed by atoms with Crippen LogP contribution in [0.3, 0.4) is 0 Å². The molecule has 0 atom stereocenters. The lowest BCUT2D eigenvalue weighted by Gasteiger charge is -2.34. The van der Waals surface area contributed by atoms with E-state index in [-0.39, 0.29) is 30.2 Å². The standard InChI is InChI=1S/C19H14F2N4O3/c20-12-3-4-13(14(21)10-12)18(26)24-5-7-25(8-6-24)19-15(11-22)23-17(28-19)16-2-1-9-27-16/h1-4,9-10H,5-8H2. The van der Waals surface area contributed by atoms with Crippen molar-refractivity contribution in [3.05, 3.63) is 59.5 Å². The number of hydrogen-bond donors (Lipinski definition) is 0. The second kappa shape index (κ2) is 7.15. The molecule has 0 unspecified atom stereocenters. The van der Waals surface area contributed by atoms with Crippen LogP contribution in [0.1, 0.15) is 16.1 Å². The van der Waals surface area contributed by atoms with Gasteiger partial charge >= 0.3 is 0 Å². The molecule has 1 amide bonds. The summed E-state index contributed by atoms with van der Waals surface area (Å²) in [7, 11) is 0. The van der Waals surface area contributed by atoms with E-state index < -0.39 is 17.5 Å². The van der Waals surface area contributed by atoms with Crippen LogP contribution in [0.4, 0.5) is 14.7 Å². The molecule has 28 heavy (non-hydrogen) atoms. The van der Waals surface area contributed by atoms with Crippen LogP contribution in [-0.4, -0.2) is 42.0 Å². The molecule has 2 aromatic heterocycles. The molecule has 0 N–H and O–H groups in total. The summed E-state index contributed by atoms with van der Waals surface area (Å²) in [6.45, 7) is 1.32. The molecule has 0 saturated carbocycles. The largest absolute Gasteiger partial charge is 0.459 e. The summed E-state index contributed by atoms with van der Waals surface area (Å²) >= 11 is 0. The van der Waals surface area contributed by atoms with E-state index in [1.807, 2.05) is 6.07 Å². The molecule has 1 aliphatic heterocycles. The average molecular weight is 384 g/mol. The number of piperazine rings is 1. The van der Waals surface area contributed by atoms with Gasteiger partial charge in [0, 0.05) is 32.2 Å². The topological polar surface area (TPSA) is 86.5 Å². The van der Waals surface area contributed by atoms with Crippen molar-refractivity contribution in [3.63, 3.8) is 0 Å². The zero-order valence-electron chi connectivity index (χ0n) is 14.6. The van der Waals surface area contributed by atoms with E-state index in [0.29, 0.717) is 30.8 Å². The van der Waals surface area contributed by atoms with Crippen molar-refractivity contribution in [2.24, 2.45) is 0 Å². The highest BCUT2D eigenvalue weighted by Gasteiger charge is 2.28. The van der Waals surface area contributed by atoms with Gasteiger partial charge in [-0.3, -0.25) is 4.79 Å². The number of oxazole rings is 1. The fourth-order valence-corrected chi connectivity index (χ4v) is 3.05. The second-order valence-corrected chi connectivity index (χ2v) is 6.17. The number of hydrogen-bond acceptors (Lipinski definition) is 6. The molecule has 1 fully saturated rings. The van der Waals surface area contributed by atoms with Gasteiger partial charge < -0.3 is 18.6 Å². The zero-order valence-corrected chi connectivity index (χ0v) is 14.6. The fourth-order valence-electron chi connectivity index (χ4n) is 3.05. The van der Waals surface area contributed by atoms with E-state index in [2.05, 4.69) is 4.98 Å². The minimum Gasteiger partial charge on any atom is -0.459 e. The molecule has 4 rings (SSSR count). The third-order valence-electron chi connectivity index (χ3n) is 4.46. The minimum atomic E-state index is -0.891. The summed E-state index contributed by atoms with van der Waals surface area (Å²) in [4.78, 5) is 19.9. The minimum absolute atomic E-state index is 0.121. The Kier molecular flexibility index (Phi) is 4.53. The molecule has 3 aromatic rings. The summed E-state index contributed by atoms with van der Waals surface area (Å²) in [5.74, 6) is -1.23. The van der Waals surface area contributed by atoms with Gasteiger partial charge in [-0.05, 0) is 24.3 Å². The summed E-state index contributed by atoms with van der Waals surface area (Å²) in [5, 5.41) is 9.34. The molecule has 7 nitrogen and oxygen atoms in total. The van der Waals surface area contributed by atoms with E-state index >= 15 is 0 Å². The Balaban J connectivity index is 1.49. The van der Waals surface area contributed by atoms with E-state index in [1.54, 1.807) is 17.0 Å². The maximum atomic E-state index is 13.9. The molecular weight excluding hydrogens is 370 g/mol. The highest BCUT2D eigenvalue weighted by Crippen LogP contribution is 2.29. The first kappa shape index (κ1) is 17.7. The number of aromatic nitrogens is 1. The highest BCUT2D eigenvalue weighted by molar-refractivity contribution is 5.94. The van der Waals surface area contributed by atoms with Crippen LogP contribution in [0.15, 0.2) is 45.4 Å². The van der Waals surface area contributed by atoms with Crippen molar-refractivity contribution >= 4 is 11.8 Å². The number of benzene rings is 1. The van der Waals surface area contributed by atoms with Crippen LogP contribution < -0.4 is 4.90 Å². The molecule has 3 heterocycles. The fraction of sp³-hybridized carbons (Fsp3) is 0.211. The predicted octanol–water partition coefficient (Wildman–Crippen LogP) is 3.05. The Morgan fingerprint density at radius 3 is 2.61 bits per heavy atom. The van der Waals surface area contributed by atoms with Crippen LogP contribution in [-0.2, 0) is 0 Å². The molecule has 0 aliphatic carbocycles. The summed E-state index contributed by atoms with van der Waals surface area (Å²) in [6.07, 6.45) is 1.48. The van der Waals surface area contributed by atoms with E-state index in [9.17, 15) is 18.8 Å². The quantitative estimate of drug-likeness (QED) is 0.690. The van der Waals surface area contributed by atoms with Crippen LogP contribution in [0.2, 0.25) is 0 Å². The van der Waals surface area contributed by atoms with Crippen molar-refractivity contribution < 1.29 is 22.4 Å². The van der Waals surface area contributed by atoms with Gasteiger partial charge in [0.1, 0.15) is 17.7 Å². The van der Waals surface area contributed by atoms with Crippen LogP contribution in [0.25, 0.3) is 11.7 Å². The average Bonchev–Trinajstić information content (AvgIpc) is 3.37. The third-order valence-corrected chi connectivity index (χ3v) is 4.46. The van der Waals surface area contributed by atoms with Crippen molar-refractivity contribution in [1.29, 1.82) is 5.26 Å². The second-order valence-electron chi connectivity index (χ2n) is 6.17. The van der Waals surface area contributed by atoms with Crippen LogP contribution >= 0.6 is 0 Å². The predicted molar refractivity (Wildman–Crippen MR) is 93.4 cm³/mol. The molecular formula is C19H14F2N4O3. The van der Waals surface area contributed by atoms with Gasteiger partial charge in [0.2, 0.25) is 11.6 Å². The van der Waals surface area contributed by atoms with Crippen molar-refractivity contribution in [2.45, 2.75) is 0 Å². The van der Waals surface area contributed by atoms with Crippen molar-refractivity contribution in [2.75, 3.05) is 31.1 Å². The summed E-state index contributed by atoms with van der Waals surface area (Å²) in [6, 6.07) is 8.23. The highest BCUT2D eigenvalue weighted by atomic mass is 19.1. The lowest BCUT2D eigenvalue weighted by Crippen LogP contribution is -2.49. The van der Waals surface area contributed by atoms with Gasteiger partial charge in [-0.2, -0.15) is 10.2 Å². The number of carbonyl (C=O) groups excluding carboxylic acids is 1. The first-order valence-electron chi connectivity index (χ1n) is 8.51. The third kappa shape index (κ3) is 3.20. The number of rotatable bonds is 3. The Morgan fingerprint density at radius 2 is 1.96 bits per heavy atom. The van der Waals surface area contributed by atoms with Crippen LogP contribution in [0.5, 0.6) is 0 Å². The number of halogens is 2. The summed E-state index contributed by atoms with van der Waals surface area (Å²) < 4.78 is 37.8. The maximum absolute atomic E-state index is 13.9. The van der Waals surface area contributed by atoms with E-state index in [0.717, 1.165) is 12.1 Å². The Labute approximate surface area is 158 Å². The molecule has 1 saturated heterocycles. The van der Waals surface area contributed by atoms with Gasteiger partial charge in [0.05, 0.1) is 11.8 Å². The van der Waals surface area contributed by atoms with Gasteiger partial charge in [0.25, 0.3) is 11.8 Å². The van der Waals surface area contributed by atoms with Gasteiger partial charge in [-0.25, -0.2) is 8.78 Å². The molecule has 0 spiro atoms. The summed E-state index contributed by atoms with van der Waals surface area (Å²) in [5.41, 5.74) is -0.0527. The molecule has 1 aromatic carbocycles. The number of anilines is 1. The number of furan rings is 1. The first-order valence-corrected chi connectivity index (χ1v) is 8.51. The Morgan fingerprint density at radius 1 is 1.18 bits per heavy atom. The zero-order chi connectivity index (χ0) is 19.7. The lowest BCUT2D eigenvalue weighted by atomic mass is 10.1. The first-order chi connectivity index (χ1) is 13.6. The molecule has 9 heteroatoms. The number of carbonyl (C=O) groups is 1.